The predicted octanol–water partition coefficient (Wildman–Crippen LogP) is 3.58. The lowest BCUT2D eigenvalue weighted by atomic mass is 10.0. The molecule has 0 atom stereocenters. The highest BCUT2D eigenvalue weighted by Gasteiger charge is 2.20. The summed E-state index contributed by atoms with van der Waals surface area (Å²) in [6.45, 7) is 3.06. The number of para-hydroxylation sites is 1. The zero-order chi connectivity index (χ0) is 14.7. The van der Waals surface area contributed by atoms with E-state index in [0.29, 0.717) is 25.2 Å². The Bertz CT molecular complexity index is 661. The molecule has 108 valence electrons. The molecule has 0 spiro atoms. The number of aryl methyl sites for hydroxylation is 1. The number of hydrogen-bond acceptors (Lipinski definition) is 3. The summed E-state index contributed by atoms with van der Waals surface area (Å²) in [5.41, 5.74) is 2.95. The van der Waals surface area contributed by atoms with E-state index in [9.17, 15) is 4.79 Å². The molecule has 0 aromatic heterocycles. The molecule has 3 nitrogen and oxygen atoms in total. The number of fused-ring (bicyclic) bond motifs is 1. The van der Waals surface area contributed by atoms with E-state index in [4.69, 9.17) is 9.47 Å². The third kappa shape index (κ3) is 3.07. The fraction of sp³-hybridized carbons (Fsp3) is 0.278. The van der Waals surface area contributed by atoms with Crippen LogP contribution < -0.4 is 9.47 Å². The molecule has 0 N–H and O–H groups in total. The van der Waals surface area contributed by atoms with Crippen molar-refractivity contribution >= 4 is 5.78 Å². The van der Waals surface area contributed by atoms with Crippen molar-refractivity contribution in [2.24, 2.45) is 0 Å². The normalized spacial score (nSPS) is 12.6. The van der Waals surface area contributed by atoms with E-state index < -0.39 is 0 Å². The number of Topliss-reactive ketones (excluding diaryl/α,β-unsaturated/α-hetero) is 1. The quantitative estimate of drug-likeness (QED) is 0.786. The van der Waals surface area contributed by atoms with E-state index in [2.05, 4.69) is 0 Å². The number of benzene rings is 2. The van der Waals surface area contributed by atoms with Crippen molar-refractivity contribution < 1.29 is 14.3 Å². The first-order valence-corrected chi connectivity index (χ1v) is 7.21. The molecule has 3 heteroatoms. The van der Waals surface area contributed by atoms with Crippen LogP contribution in [-0.4, -0.2) is 19.0 Å². The summed E-state index contributed by atoms with van der Waals surface area (Å²) in [6.07, 6.45) is 1.24. The summed E-state index contributed by atoms with van der Waals surface area (Å²) in [5, 5.41) is 0. The van der Waals surface area contributed by atoms with E-state index >= 15 is 0 Å². The second-order valence-corrected chi connectivity index (χ2v) is 5.23. The van der Waals surface area contributed by atoms with Crippen LogP contribution in [0.25, 0.3) is 0 Å². The highest BCUT2D eigenvalue weighted by Crippen LogP contribution is 2.30. The lowest BCUT2D eigenvalue weighted by Crippen LogP contribution is -2.08. The fourth-order valence-corrected chi connectivity index (χ4v) is 2.54. The van der Waals surface area contributed by atoms with Crippen molar-refractivity contribution in [3.05, 3.63) is 59.2 Å². The highest BCUT2D eigenvalue weighted by atomic mass is 16.5. The van der Waals surface area contributed by atoms with Gasteiger partial charge in [-0.3, -0.25) is 4.79 Å². The lowest BCUT2D eigenvalue weighted by molar-refractivity contribution is 0.0959. The van der Waals surface area contributed by atoms with Gasteiger partial charge in [0.1, 0.15) is 11.5 Å². The molecule has 1 heterocycles. The van der Waals surface area contributed by atoms with Gasteiger partial charge >= 0.3 is 0 Å². The van der Waals surface area contributed by atoms with Gasteiger partial charge in [-0.1, -0.05) is 24.3 Å². The average Bonchev–Trinajstić information content (AvgIpc) is 2.95. The molecule has 1 aliphatic rings. The molecule has 0 saturated carbocycles. The molecule has 0 bridgehead atoms. The Morgan fingerprint density at radius 3 is 2.95 bits per heavy atom. The van der Waals surface area contributed by atoms with E-state index in [1.54, 1.807) is 0 Å². The topological polar surface area (TPSA) is 35.5 Å². The van der Waals surface area contributed by atoms with E-state index in [0.717, 1.165) is 29.0 Å². The van der Waals surface area contributed by atoms with E-state index in [1.807, 2.05) is 49.4 Å². The van der Waals surface area contributed by atoms with Crippen LogP contribution in [-0.2, 0) is 6.42 Å². The van der Waals surface area contributed by atoms with Crippen LogP contribution in [0.4, 0.5) is 0 Å². The van der Waals surface area contributed by atoms with Gasteiger partial charge in [-0.2, -0.15) is 0 Å². The molecule has 1 aliphatic heterocycles. The first-order valence-electron chi connectivity index (χ1n) is 7.21. The minimum Gasteiger partial charge on any atom is -0.493 e. The van der Waals surface area contributed by atoms with E-state index in [1.165, 1.54) is 0 Å². The summed E-state index contributed by atoms with van der Waals surface area (Å²) >= 11 is 0. The Kier molecular flexibility index (Phi) is 3.91. The number of hydrogen-bond donors (Lipinski definition) is 0. The lowest BCUT2D eigenvalue weighted by Gasteiger charge is -2.09. The average molecular weight is 282 g/mol. The summed E-state index contributed by atoms with van der Waals surface area (Å²) < 4.78 is 11.2. The molecular weight excluding hydrogens is 264 g/mol. The molecule has 0 saturated heterocycles. The molecule has 0 aliphatic carbocycles. The monoisotopic (exact) mass is 282 g/mol. The molecule has 3 rings (SSSR count). The van der Waals surface area contributed by atoms with Gasteiger partial charge in [0.15, 0.2) is 5.78 Å². The maximum Gasteiger partial charge on any atom is 0.170 e. The number of carbonyl (C=O) groups is 1. The van der Waals surface area contributed by atoms with Gasteiger partial charge in [-0.25, -0.2) is 0 Å². The van der Waals surface area contributed by atoms with Crippen molar-refractivity contribution in [2.75, 3.05) is 13.2 Å². The third-order valence-electron chi connectivity index (χ3n) is 3.60. The van der Waals surface area contributed by atoms with Crippen LogP contribution in [0, 0.1) is 6.92 Å². The third-order valence-corrected chi connectivity index (χ3v) is 3.60. The molecule has 21 heavy (non-hydrogen) atoms. The molecule has 0 unspecified atom stereocenters. The first-order chi connectivity index (χ1) is 10.2. The summed E-state index contributed by atoms with van der Waals surface area (Å²) in [7, 11) is 0. The van der Waals surface area contributed by atoms with Crippen molar-refractivity contribution in [2.45, 2.75) is 19.8 Å². The SMILES string of the molecule is Cc1cccc(OCCC(=O)c2cccc3c2OCC3)c1. The first kappa shape index (κ1) is 13.7. The summed E-state index contributed by atoms with van der Waals surface area (Å²) in [5.74, 6) is 1.64. The van der Waals surface area contributed by atoms with Crippen molar-refractivity contribution in [3.63, 3.8) is 0 Å². The predicted molar refractivity (Wildman–Crippen MR) is 81.3 cm³/mol. The van der Waals surface area contributed by atoms with Gasteiger partial charge in [0, 0.05) is 12.8 Å². The van der Waals surface area contributed by atoms with Gasteiger partial charge in [-0.15, -0.1) is 0 Å². The number of rotatable bonds is 5. The maximum atomic E-state index is 12.3. The minimum atomic E-state index is 0.0707. The Hall–Kier alpha value is -2.29. The van der Waals surface area contributed by atoms with Crippen LogP contribution >= 0.6 is 0 Å². The fourth-order valence-electron chi connectivity index (χ4n) is 2.54. The van der Waals surface area contributed by atoms with Gasteiger partial charge < -0.3 is 9.47 Å². The molecule has 0 fully saturated rings. The number of ketones is 1. The second-order valence-electron chi connectivity index (χ2n) is 5.23. The van der Waals surface area contributed by atoms with Crippen molar-refractivity contribution in [1.82, 2.24) is 0 Å². The van der Waals surface area contributed by atoms with E-state index in [-0.39, 0.29) is 5.78 Å². The largest absolute Gasteiger partial charge is 0.493 e. The Balaban J connectivity index is 1.61. The number of ether oxygens (including phenoxy) is 2. The molecule has 2 aromatic carbocycles. The Morgan fingerprint density at radius 1 is 1.24 bits per heavy atom. The van der Waals surface area contributed by atoms with Gasteiger partial charge in [0.25, 0.3) is 0 Å². The standard InChI is InChI=1S/C18H18O3/c1-13-4-2-6-15(12-13)20-11-9-17(19)16-7-3-5-14-8-10-21-18(14)16/h2-7,12H,8-11H2,1H3. The van der Waals surface area contributed by atoms with Gasteiger partial charge in [-0.05, 0) is 36.2 Å². The minimum absolute atomic E-state index is 0.0707. The summed E-state index contributed by atoms with van der Waals surface area (Å²) in [4.78, 5) is 12.3. The van der Waals surface area contributed by atoms with Gasteiger partial charge in [0.2, 0.25) is 0 Å². The Labute approximate surface area is 124 Å². The molecule has 2 aromatic rings. The molecule has 0 amide bonds. The zero-order valence-electron chi connectivity index (χ0n) is 12.1. The van der Waals surface area contributed by atoms with Gasteiger partial charge in [0.05, 0.1) is 18.8 Å². The van der Waals surface area contributed by atoms with Crippen LogP contribution in [0.15, 0.2) is 42.5 Å². The van der Waals surface area contributed by atoms with Crippen LogP contribution in [0.1, 0.15) is 27.9 Å². The smallest absolute Gasteiger partial charge is 0.170 e. The second kappa shape index (κ2) is 6.00. The van der Waals surface area contributed by atoms with Crippen LogP contribution in [0.5, 0.6) is 11.5 Å². The van der Waals surface area contributed by atoms with Crippen molar-refractivity contribution in [3.8, 4) is 11.5 Å². The molecular formula is C18H18O3. The van der Waals surface area contributed by atoms with Crippen molar-refractivity contribution in [1.29, 1.82) is 0 Å². The highest BCUT2D eigenvalue weighted by molar-refractivity contribution is 5.99. The van der Waals surface area contributed by atoms with Crippen LogP contribution in [0.2, 0.25) is 0 Å². The number of carbonyl (C=O) groups excluding carboxylic acids is 1. The Morgan fingerprint density at radius 2 is 2.10 bits per heavy atom. The maximum absolute atomic E-state index is 12.3. The summed E-state index contributed by atoms with van der Waals surface area (Å²) in [6, 6.07) is 13.6. The zero-order valence-corrected chi connectivity index (χ0v) is 12.1. The van der Waals surface area contributed by atoms with Crippen LogP contribution in [0.3, 0.4) is 0 Å². The molecule has 0 radical (unpaired) electrons.